The van der Waals surface area contributed by atoms with Crippen LogP contribution in [0, 0.1) is 0 Å². The molecule has 0 heterocycles. The summed E-state index contributed by atoms with van der Waals surface area (Å²) in [6, 6.07) is 10.8. The van der Waals surface area contributed by atoms with Crippen LogP contribution in [-0.2, 0) is 0 Å². The van der Waals surface area contributed by atoms with Gasteiger partial charge in [-0.05, 0) is 0 Å². The van der Waals surface area contributed by atoms with Crippen LogP contribution in [0.3, 0.4) is 0 Å². The van der Waals surface area contributed by atoms with E-state index >= 15 is 0 Å². The molecule has 0 aliphatic heterocycles. The first-order valence-corrected chi connectivity index (χ1v) is 7.97. The van der Waals surface area contributed by atoms with Crippen LogP contribution in [-0.4, -0.2) is 8.07 Å². The van der Waals surface area contributed by atoms with E-state index in [9.17, 15) is 0 Å². The Morgan fingerprint density at radius 2 is 1.40 bits per heavy atom. The zero-order valence-corrected chi connectivity index (χ0v) is 8.12. The maximum atomic E-state index is 2.39. The second-order valence-corrected chi connectivity index (χ2v) is 9.87. The molecule has 0 aliphatic carbocycles. The number of benzene rings is 1. The molecule has 1 aromatic carbocycles. The topological polar surface area (TPSA) is 0 Å². The second kappa shape index (κ2) is 2.58. The summed E-state index contributed by atoms with van der Waals surface area (Å²) in [6.45, 7) is 7.17. The Hall–Kier alpha value is -0.563. The molecule has 0 nitrogen and oxygen atoms in total. The Morgan fingerprint density at radius 1 is 0.900 bits per heavy atom. The van der Waals surface area contributed by atoms with E-state index in [2.05, 4.69) is 50.0 Å². The predicted octanol–water partition coefficient (Wildman–Crippen LogP) is 1.96. The predicted molar refractivity (Wildman–Crippen MR) is 50.8 cm³/mol. The molecular formula is C9H15Si-. The normalized spacial score (nSPS) is 13.1. The first-order valence-electron chi connectivity index (χ1n) is 3.93. The third-order valence-electron chi connectivity index (χ3n) is 1.80. The monoisotopic (exact) mass is 151 g/mol. The van der Waals surface area contributed by atoms with Crippen molar-refractivity contribution in [3.05, 3.63) is 30.3 Å². The van der Waals surface area contributed by atoms with Gasteiger partial charge in [0.05, 0.1) is 0 Å². The molecule has 1 rings (SSSR count). The van der Waals surface area contributed by atoms with Gasteiger partial charge >= 0.3 is 63.2 Å². The van der Waals surface area contributed by atoms with E-state index in [4.69, 9.17) is 0 Å². The van der Waals surface area contributed by atoms with Gasteiger partial charge in [-0.15, -0.1) is 0 Å². The Bertz CT molecular complexity index is 196. The minimum absolute atomic E-state index is 1.30. The SMILES string of the molecule is C[SiH-](C)(C)c1ccccc1. The van der Waals surface area contributed by atoms with Crippen molar-refractivity contribution in [3.63, 3.8) is 0 Å². The molecule has 0 unspecified atom stereocenters. The van der Waals surface area contributed by atoms with Gasteiger partial charge in [0.2, 0.25) is 0 Å². The summed E-state index contributed by atoms with van der Waals surface area (Å²) in [5, 5.41) is 1.56. The molecule has 0 radical (unpaired) electrons. The molecule has 1 aromatic rings. The van der Waals surface area contributed by atoms with Crippen molar-refractivity contribution in [3.8, 4) is 0 Å². The van der Waals surface area contributed by atoms with Crippen molar-refractivity contribution in [2.45, 2.75) is 19.6 Å². The Labute approximate surface area is 63.9 Å². The molecule has 0 fully saturated rings. The first-order chi connectivity index (χ1) is 4.61. The zero-order valence-electron chi connectivity index (χ0n) is 6.96. The third-order valence-corrected chi connectivity index (χ3v) is 4.18. The van der Waals surface area contributed by atoms with E-state index in [1.54, 1.807) is 5.19 Å². The molecule has 0 atom stereocenters. The van der Waals surface area contributed by atoms with E-state index in [0.29, 0.717) is 0 Å². The van der Waals surface area contributed by atoms with Crippen LogP contribution in [0.4, 0.5) is 0 Å². The summed E-state index contributed by atoms with van der Waals surface area (Å²) in [5.41, 5.74) is 0. The second-order valence-electron chi connectivity index (χ2n) is 4.01. The van der Waals surface area contributed by atoms with Crippen molar-refractivity contribution in [2.24, 2.45) is 0 Å². The van der Waals surface area contributed by atoms with E-state index in [1.807, 2.05) is 0 Å². The van der Waals surface area contributed by atoms with E-state index in [-0.39, 0.29) is 0 Å². The van der Waals surface area contributed by atoms with Gasteiger partial charge in [0.1, 0.15) is 0 Å². The molecule has 1 heteroatoms. The zero-order chi connectivity index (χ0) is 7.61. The quantitative estimate of drug-likeness (QED) is 0.538. The van der Waals surface area contributed by atoms with Gasteiger partial charge in [0.25, 0.3) is 0 Å². The summed E-state index contributed by atoms with van der Waals surface area (Å²) < 4.78 is 0. The Balaban J connectivity index is 2.97. The number of hydrogen-bond donors (Lipinski definition) is 0. The molecule has 0 amide bonds. The van der Waals surface area contributed by atoms with E-state index in [0.717, 1.165) is 0 Å². The van der Waals surface area contributed by atoms with Gasteiger partial charge in [0.15, 0.2) is 0 Å². The van der Waals surface area contributed by atoms with E-state index < -0.39 is 8.07 Å². The van der Waals surface area contributed by atoms with Crippen LogP contribution in [0.5, 0.6) is 0 Å². The van der Waals surface area contributed by atoms with Crippen molar-refractivity contribution in [1.29, 1.82) is 0 Å². The summed E-state index contributed by atoms with van der Waals surface area (Å²) in [5.74, 6) is 0. The third kappa shape index (κ3) is 1.71. The summed E-state index contributed by atoms with van der Waals surface area (Å²) >= 11 is 0. The fraction of sp³-hybridized carbons (Fsp3) is 0.333. The molecule has 56 valence electrons. The van der Waals surface area contributed by atoms with Crippen molar-refractivity contribution in [1.82, 2.24) is 0 Å². The van der Waals surface area contributed by atoms with Gasteiger partial charge in [-0.25, -0.2) is 0 Å². The molecule has 10 heavy (non-hydrogen) atoms. The standard InChI is InChI=1S/C9H15Si/c1-10(2,3)9-7-5-4-6-8-9/h4-8,10H,1-3H3/q-1. The summed E-state index contributed by atoms with van der Waals surface area (Å²) in [7, 11) is -1.30. The average Bonchev–Trinajstić information content (AvgIpc) is 1.88. The molecule has 0 spiro atoms. The van der Waals surface area contributed by atoms with Crippen LogP contribution in [0.25, 0.3) is 0 Å². The maximum absolute atomic E-state index is 2.39. The average molecular weight is 151 g/mol. The fourth-order valence-electron chi connectivity index (χ4n) is 1.03. The molecule has 0 saturated heterocycles. The van der Waals surface area contributed by atoms with Crippen LogP contribution < -0.4 is 5.19 Å². The van der Waals surface area contributed by atoms with Gasteiger partial charge in [-0.2, -0.15) is 0 Å². The van der Waals surface area contributed by atoms with E-state index in [1.165, 1.54) is 0 Å². The van der Waals surface area contributed by atoms with Gasteiger partial charge in [-0.3, -0.25) is 0 Å². The fourth-order valence-corrected chi connectivity index (χ4v) is 2.41. The Kier molecular flexibility index (Phi) is 1.95. The van der Waals surface area contributed by atoms with Crippen molar-refractivity contribution in [2.75, 3.05) is 0 Å². The molecule has 0 N–H and O–H groups in total. The van der Waals surface area contributed by atoms with Crippen molar-refractivity contribution >= 4 is 13.3 Å². The van der Waals surface area contributed by atoms with Crippen LogP contribution in [0.15, 0.2) is 30.3 Å². The van der Waals surface area contributed by atoms with Gasteiger partial charge in [0, 0.05) is 0 Å². The molecule has 0 aromatic heterocycles. The van der Waals surface area contributed by atoms with Crippen LogP contribution in [0.1, 0.15) is 0 Å². The molecule has 0 saturated carbocycles. The number of hydrogen-bond acceptors (Lipinski definition) is 0. The van der Waals surface area contributed by atoms with Crippen molar-refractivity contribution < 1.29 is 0 Å². The van der Waals surface area contributed by atoms with Crippen LogP contribution >= 0.6 is 0 Å². The Morgan fingerprint density at radius 3 is 1.70 bits per heavy atom. The van der Waals surface area contributed by atoms with Gasteiger partial charge in [-0.1, -0.05) is 0 Å². The van der Waals surface area contributed by atoms with Crippen LogP contribution in [0.2, 0.25) is 19.6 Å². The number of rotatable bonds is 1. The molecule has 0 bridgehead atoms. The minimum atomic E-state index is -1.30. The van der Waals surface area contributed by atoms with Gasteiger partial charge < -0.3 is 0 Å². The summed E-state index contributed by atoms with van der Waals surface area (Å²) in [6.07, 6.45) is 0. The molecular weight excluding hydrogens is 136 g/mol. The summed E-state index contributed by atoms with van der Waals surface area (Å²) in [4.78, 5) is 0. The molecule has 0 aliphatic rings. The first kappa shape index (κ1) is 7.54.